The van der Waals surface area contributed by atoms with Gasteiger partial charge in [0, 0.05) is 5.92 Å². The van der Waals surface area contributed by atoms with Gasteiger partial charge in [0.1, 0.15) is 0 Å². The first-order valence-electron chi connectivity index (χ1n) is 18.8. The van der Waals surface area contributed by atoms with Crippen LogP contribution < -0.4 is 0 Å². The van der Waals surface area contributed by atoms with Gasteiger partial charge in [0.2, 0.25) is 0 Å². The quantitative estimate of drug-likeness (QED) is 0.0940. The van der Waals surface area contributed by atoms with Gasteiger partial charge in [-0.15, -0.1) is 0 Å². The summed E-state index contributed by atoms with van der Waals surface area (Å²) in [5, 5.41) is 18.4. The Morgan fingerprint density at radius 3 is 2.02 bits per heavy atom. The number of rotatable bonds is 17. The number of aliphatic hydroxyl groups is 2. The van der Waals surface area contributed by atoms with E-state index in [9.17, 15) is 19.8 Å². The van der Waals surface area contributed by atoms with E-state index in [0.29, 0.717) is 10.8 Å². The zero-order valence-corrected chi connectivity index (χ0v) is 29.7. The maximum absolute atomic E-state index is 12.1. The molecule has 262 valence electrons. The highest BCUT2D eigenvalue weighted by Gasteiger charge is 2.59. The number of carbonyl (C=O) groups is 2. The Bertz CT molecular complexity index is 1020. The summed E-state index contributed by atoms with van der Waals surface area (Å²) in [6.07, 6.45) is 21.3. The average Bonchev–Trinajstić information content (AvgIpc) is 3.38. The van der Waals surface area contributed by atoms with Crippen LogP contribution in [0, 0.1) is 58.2 Å². The van der Waals surface area contributed by atoms with Crippen LogP contribution >= 0.6 is 0 Å². The molecule has 0 saturated heterocycles. The van der Waals surface area contributed by atoms with Crippen molar-refractivity contribution in [2.75, 3.05) is 26.4 Å². The standard InChI is InChI=1S/C40H66O6/c1-27(2)10-7-8-13-32-15-17-35-34-16-14-33-22-30(18-20-40(33,6)36(34)19-21-39(32,35)5)11-9-12-31(25-45-37(43)28(3)23-41)26-46-38(44)29(4)24-42/h27,30-36,41-42H,3-4,7-26H2,1-2,5-6H3. The van der Waals surface area contributed by atoms with Crippen LogP contribution in [0.5, 0.6) is 0 Å². The zero-order valence-electron chi connectivity index (χ0n) is 29.7. The third-order valence-electron chi connectivity index (χ3n) is 13.6. The molecule has 2 N–H and O–H groups in total. The first-order valence-corrected chi connectivity index (χ1v) is 18.8. The summed E-state index contributed by atoms with van der Waals surface area (Å²) in [6.45, 7) is 16.5. The molecule has 4 aliphatic rings. The van der Waals surface area contributed by atoms with Crippen molar-refractivity contribution in [2.24, 2.45) is 58.2 Å². The summed E-state index contributed by atoms with van der Waals surface area (Å²) in [5.74, 6) is 4.71. The van der Waals surface area contributed by atoms with Gasteiger partial charge in [-0.1, -0.05) is 73.0 Å². The number of carbonyl (C=O) groups excluding carboxylic acids is 2. The van der Waals surface area contributed by atoms with E-state index >= 15 is 0 Å². The number of esters is 2. The third kappa shape index (κ3) is 8.67. The number of fused-ring (bicyclic) bond motifs is 5. The summed E-state index contributed by atoms with van der Waals surface area (Å²) < 4.78 is 10.7. The molecule has 8 unspecified atom stereocenters. The third-order valence-corrected chi connectivity index (χ3v) is 13.6. The molecule has 4 aliphatic carbocycles. The van der Waals surface area contributed by atoms with Crippen LogP contribution in [-0.4, -0.2) is 48.6 Å². The molecule has 4 saturated carbocycles. The van der Waals surface area contributed by atoms with E-state index in [1.165, 1.54) is 83.5 Å². The molecular weight excluding hydrogens is 576 g/mol. The molecule has 4 fully saturated rings. The molecule has 0 aromatic rings. The highest BCUT2D eigenvalue weighted by Crippen LogP contribution is 2.68. The molecular formula is C40H66O6. The molecule has 46 heavy (non-hydrogen) atoms. The number of unbranched alkanes of at least 4 members (excludes halogenated alkanes) is 1. The molecule has 8 atom stereocenters. The summed E-state index contributed by atoms with van der Waals surface area (Å²) in [4.78, 5) is 24.2. The second kappa shape index (κ2) is 16.6. The normalized spacial score (nSPS) is 33.7. The Balaban J connectivity index is 1.27. The predicted octanol–water partition coefficient (Wildman–Crippen LogP) is 8.45. The monoisotopic (exact) mass is 642 g/mol. The molecule has 0 aromatic heterocycles. The Hall–Kier alpha value is -1.66. The van der Waals surface area contributed by atoms with E-state index in [1.54, 1.807) is 0 Å². The van der Waals surface area contributed by atoms with Crippen molar-refractivity contribution >= 4 is 11.9 Å². The van der Waals surface area contributed by atoms with Crippen molar-refractivity contribution in [1.82, 2.24) is 0 Å². The van der Waals surface area contributed by atoms with Crippen molar-refractivity contribution in [1.29, 1.82) is 0 Å². The number of hydrogen-bond donors (Lipinski definition) is 2. The van der Waals surface area contributed by atoms with E-state index in [1.807, 2.05) is 0 Å². The van der Waals surface area contributed by atoms with Crippen molar-refractivity contribution in [2.45, 2.75) is 130 Å². The molecule has 6 nitrogen and oxygen atoms in total. The minimum Gasteiger partial charge on any atom is -0.462 e. The van der Waals surface area contributed by atoms with Crippen molar-refractivity contribution < 1.29 is 29.3 Å². The summed E-state index contributed by atoms with van der Waals surface area (Å²) in [7, 11) is 0. The van der Waals surface area contributed by atoms with Crippen molar-refractivity contribution in [3.8, 4) is 0 Å². The van der Waals surface area contributed by atoms with Gasteiger partial charge in [-0.05, 0) is 123 Å². The minimum absolute atomic E-state index is 0.0109. The molecule has 0 aromatic carbocycles. The SMILES string of the molecule is C=C(CO)C(=O)OCC(CCCC1CCC2(C)C(CCC3C4CCC(CCCCC(C)C)C4(C)CCC32)C1)COC(=O)C(=C)CO. The molecule has 0 bridgehead atoms. The van der Waals surface area contributed by atoms with Crippen LogP contribution in [0.1, 0.15) is 130 Å². The molecule has 0 spiro atoms. The Morgan fingerprint density at radius 2 is 1.39 bits per heavy atom. The van der Waals surface area contributed by atoms with Crippen LogP contribution in [0.3, 0.4) is 0 Å². The second-order valence-electron chi connectivity index (χ2n) is 16.8. The van der Waals surface area contributed by atoms with Gasteiger partial charge in [-0.2, -0.15) is 0 Å². The fourth-order valence-corrected chi connectivity index (χ4v) is 10.8. The van der Waals surface area contributed by atoms with Crippen LogP contribution in [0.25, 0.3) is 0 Å². The zero-order chi connectivity index (χ0) is 33.5. The van der Waals surface area contributed by atoms with Crippen molar-refractivity contribution in [3.05, 3.63) is 24.3 Å². The fourth-order valence-electron chi connectivity index (χ4n) is 10.8. The van der Waals surface area contributed by atoms with Gasteiger partial charge in [-0.25, -0.2) is 9.59 Å². The molecule has 6 heteroatoms. The summed E-state index contributed by atoms with van der Waals surface area (Å²) >= 11 is 0. The van der Waals surface area contributed by atoms with E-state index < -0.39 is 25.2 Å². The summed E-state index contributed by atoms with van der Waals surface area (Å²) in [6, 6.07) is 0. The Labute approximate surface area is 280 Å². The molecule has 4 rings (SSSR count). The molecule has 0 heterocycles. The Kier molecular flexibility index (Phi) is 13.4. The van der Waals surface area contributed by atoms with Gasteiger partial charge in [0.25, 0.3) is 0 Å². The maximum atomic E-state index is 12.1. The predicted molar refractivity (Wildman–Crippen MR) is 184 cm³/mol. The van der Waals surface area contributed by atoms with E-state index in [2.05, 4.69) is 40.9 Å². The van der Waals surface area contributed by atoms with Crippen molar-refractivity contribution in [3.63, 3.8) is 0 Å². The molecule has 0 amide bonds. The molecule has 0 aliphatic heterocycles. The van der Waals surface area contributed by atoms with Gasteiger partial charge in [0.05, 0.1) is 37.6 Å². The van der Waals surface area contributed by atoms with Gasteiger partial charge in [0.15, 0.2) is 0 Å². The highest BCUT2D eigenvalue weighted by atomic mass is 16.5. The maximum Gasteiger partial charge on any atom is 0.335 e. The molecule has 0 radical (unpaired) electrons. The van der Waals surface area contributed by atoms with Gasteiger partial charge < -0.3 is 19.7 Å². The van der Waals surface area contributed by atoms with Crippen LogP contribution in [-0.2, 0) is 19.1 Å². The van der Waals surface area contributed by atoms with Crippen LogP contribution in [0.2, 0.25) is 0 Å². The number of aliphatic hydroxyl groups excluding tert-OH is 2. The first-order chi connectivity index (χ1) is 21.9. The van der Waals surface area contributed by atoms with Gasteiger partial charge >= 0.3 is 11.9 Å². The second-order valence-corrected chi connectivity index (χ2v) is 16.8. The lowest BCUT2D eigenvalue weighted by atomic mass is 9.44. The lowest BCUT2D eigenvalue weighted by molar-refractivity contribution is -0.144. The van der Waals surface area contributed by atoms with E-state index in [0.717, 1.165) is 60.7 Å². The average molecular weight is 643 g/mol. The minimum atomic E-state index is -0.626. The topological polar surface area (TPSA) is 93.1 Å². The smallest absolute Gasteiger partial charge is 0.335 e. The number of hydrogen-bond acceptors (Lipinski definition) is 6. The lowest BCUT2D eigenvalue weighted by Crippen LogP contribution is -2.53. The van der Waals surface area contributed by atoms with E-state index in [4.69, 9.17) is 9.47 Å². The Morgan fingerprint density at radius 1 is 0.761 bits per heavy atom. The summed E-state index contributed by atoms with van der Waals surface area (Å²) in [5.41, 5.74) is 1.09. The largest absolute Gasteiger partial charge is 0.462 e. The van der Waals surface area contributed by atoms with Crippen LogP contribution in [0.15, 0.2) is 24.3 Å². The number of ether oxygens (including phenoxy) is 2. The fraction of sp³-hybridized carbons (Fsp3) is 0.850. The van der Waals surface area contributed by atoms with E-state index in [-0.39, 0.29) is 30.3 Å². The van der Waals surface area contributed by atoms with Gasteiger partial charge in [-0.3, -0.25) is 0 Å². The highest BCUT2D eigenvalue weighted by molar-refractivity contribution is 5.88. The first kappa shape index (κ1) is 37.2. The lowest BCUT2D eigenvalue weighted by Gasteiger charge is -2.61. The van der Waals surface area contributed by atoms with Crippen LogP contribution in [0.4, 0.5) is 0 Å².